The van der Waals surface area contributed by atoms with E-state index in [1.165, 1.54) is 24.1 Å². The second kappa shape index (κ2) is 13.5. The van der Waals surface area contributed by atoms with Crippen LogP contribution in [0.2, 0.25) is 0 Å². The lowest BCUT2D eigenvalue weighted by atomic mass is 10.0. The molecule has 0 saturated heterocycles. The van der Waals surface area contributed by atoms with E-state index in [0.717, 1.165) is 33.0 Å². The zero-order chi connectivity index (χ0) is 28.6. The number of hydrogen-bond acceptors (Lipinski definition) is 4. The summed E-state index contributed by atoms with van der Waals surface area (Å²) in [7, 11) is -2.51. The highest BCUT2D eigenvalue weighted by Crippen LogP contribution is 2.19. The number of likely N-dealkylation sites (N-methyl/N-ethyl adjacent to an activating group) is 1. The molecule has 2 amide bonds. The molecular weight excluding hydrogens is 510 g/mol. The van der Waals surface area contributed by atoms with Crippen molar-refractivity contribution in [1.29, 1.82) is 0 Å². The SMILES string of the molecule is CC[C@@H](C)NC(=O)[C@@H](Cc1ccccc1)N(Cc1ccc(C)cc1)C(=O)CN(C)S(=O)(=O)c1ccc(C)cc1. The highest BCUT2D eigenvalue weighted by atomic mass is 32.2. The number of rotatable bonds is 12. The summed E-state index contributed by atoms with van der Waals surface area (Å²) >= 11 is 0. The summed E-state index contributed by atoms with van der Waals surface area (Å²) in [6.45, 7) is 7.54. The summed E-state index contributed by atoms with van der Waals surface area (Å²) in [5.41, 5.74) is 3.78. The number of nitrogens with zero attached hydrogens (tertiary/aromatic N) is 2. The highest BCUT2D eigenvalue weighted by molar-refractivity contribution is 7.89. The van der Waals surface area contributed by atoms with Gasteiger partial charge in [0.15, 0.2) is 0 Å². The summed E-state index contributed by atoms with van der Waals surface area (Å²) in [5, 5.41) is 3.03. The molecule has 0 spiro atoms. The standard InChI is InChI=1S/C31H39N3O4S/c1-6-25(4)32-31(36)29(20-26-10-8-7-9-11-26)34(21-27-16-12-23(2)13-17-27)30(35)22-33(5)39(37,38)28-18-14-24(3)15-19-28/h7-19,25,29H,6,20-22H2,1-5H3,(H,32,36)/t25-,29-/m1/s1. The van der Waals surface area contributed by atoms with Crippen molar-refractivity contribution < 1.29 is 18.0 Å². The number of amides is 2. The van der Waals surface area contributed by atoms with Crippen molar-refractivity contribution in [3.63, 3.8) is 0 Å². The van der Waals surface area contributed by atoms with Gasteiger partial charge in [0.05, 0.1) is 11.4 Å². The fourth-order valence-corrected chi connectivity index (χ4v) is 5.26. The Bertz CT molecular complexity index is 1340. The normalized spacial score (nSPS) is 13.1. The van der Waals surface area contributed by atoms with Crippen LogP contribution < -0.4 is 5.32 Å². The third kappa shape index (κ3) is 8.25. The average molecular weight is 550 g/mol. The molecule has 0 unspecified atom stereocenters. The van der Waals surface area contributed by atoms with Gasteiger partial charge >= 0.3 is 0 Å². The molecule has 0 bridgehead atoms. The number of carbonyl (C=O) groups excluding carboxylic acids is 2. The van der Waals surface area contributed by atoms with Gasteiger partial charge in [-0.3, -0.25) is 9.59 Å². The van der Waals surface area contributed by atoms with Crippen LogP contribution in [-0.2, 0) is 32.6 Å². The van der Waals surface area contributed by atoms with Crippen molar-refractivity contribution >= 4 is 21.8 Å². The Hall–Kier alpha value is -3.49. The molecular formula is C31H39N3O4S. The lowest BCUT2D eigenvalue weighted by Gasteiger charge is -2.33. The van der Waals surface area contributed by atoms with Crippen molar-refractivity contribution in [1.82, 2.24) is 14.5 Å². The summed E-state index contributed by atoms with van der Waals surface area (Å²) in [6.07, 6.45) is 1.04. The van der Waals surface area contributed by atoms with E-state index in [1.807, 2.05) is 82.3 Å². The van der Waals surface area contributed by atoms with E-state index in [9.17, 15) is 18.0 Å². The molecule has 3 rings (SSSR count). The molecule has 3 aromatic rings. The van der Waals surface area contributed by atoms with Gasteiger partial charge in [0.2, 0.25) is 21.8 Å². The maximum absolute atomic E-state index is 13.9. The highest BCUT2D eigenvalue weighted by Gasteiger charge is 2.33. The van der Waals surface area contributed by atoms with E-state index < -0.39 is 28.5 Å². The Balaban J connectivity index is 1.97. The monoisotopic (exact) mass is 549 g/mol. The van der Waals surface area contributed by atoms with Crippen LogP contribution >= 0.6 is 0 Å². The Kier molecular flexibility index (Phi) is 10.4. The van der Waals surface area contributed by atoms with Crippen LogP contribution in [0.15, 0.2) is 83.8 Å². The predicted molar refractivity (Wildman–Crippen MR) is 155 cm³/mol. The van der Waals surface area contributed by atoms with Crippen LogP contribution in [-0.4, -0.2) is 55.1 Å². The van der Waals surface area contributed by atoms with Gasteiger partial charge in [-0.05, 0) is 50.5 Å². The van der Waals surface area contributed by atoms with Crippen LogP contribution in [0.3, 0.4) is 0 Å². The topological polar surface area (TPSA) is 86.8 Å². The van der Waals surface area contributed by atoms with E-state index in [2.05, 4.69) is 5.32 Å². The average Bonchev–Trinajstić information content (AvgIpc) is 2.92. The van der Waals surface area contributed by atoms with Gasteiger partial charge in [-0.2, -0.15) is 4.31 Å². The van der Waals surface area contributed by atoms with Crippen molar-refractivity contribution in [2.75, 3.05) is 13.6 Å². The quantitative estimate of drug-likeness (QED) is 0.361. The minimum Gasteiger partial charge on any atom is -0.352 e. The lowest BCUT2D eigenvalue weighted by Crippen LogP contribution is -2.54. The number of sulfonamides is 1. The molecule has 2 atom stereocenters. The van der Waals surface area contributed by atoms with Crippen LogP contribution in [0.5, 0.6) is 0 Å². The minimum atomic E-state index is -3.91. The largest absolute Gasteiger partial charge is 0.352 e. The number of benzene rings is 3. The molecule has 7 nitrogen and oxygen atoms in total. The van der Waals surface area contributed by atoms with Crippen molar-refractivity contribution in [3.8, 4) is 0 Å². The maximum Gasteiger partial charge on any atom is 0.243 e. The van der Waals surface area contributed by atoms with Gasteiger partial charge < -0.3 is 10.2 Å². The second-order valence-corrected chi connectivity index (χ2v) is 12.1. The van der Waals surface area contributed by atoms with Gasteiger partial charge in [-0.1, -0.05) is 84.8 Å². The van der Waals surface area contributed by atoms with E-state index in [1.54, 1.807) is 12.1 Å². The fourth-order valence-electron chi connectivity index (χ4n) is 4.14. The third-order valence-corrected chi connectivity index (χ3v) is 8.65. The molecule has 1 N–H and O–H groups in total. The first-order valence-corrected chi connectivity index (χ1v) is 14.7. The molecule has 8 heteroatoms. The van der Waals surface area contributed by atoms with Gasteiger partial charge in [-0.15, -0.1) is 0 Å². The van der Waals surface area contributed by atoms with Gasteiger partial charge in [0.1, 0.15) is 6.04 Å². The number of hydrogen-bond donors (Lipinski definition) is 1. The first-order chi connectivity index (χ1) is 18.5. The van der Waals surface area contributed by atoms with Gasteiger partial charge in [0, 0.05) is 26.1 Å². The molecule has 39 heavy (non-hydrogen) atoms. The molecule has 3 aromatic carbocycles. The summed E-state index contributed by atoms with van der Waals surface area (Å²) < 4.78 is 27.6. The van der Waals surface area contributed by atoms with E-state index in [4.69, 9.17) is 0 Å². The van der Waals surface area contributed by atoms with E-state index in [0.29, 0.717) is 6.42 Å². The molecule has 0 aromatic heterocycles. The molecule has 0 fully saturated rings. The molecule has 0 saturated carbocycles. The maximum atomic E-state index is 13.9. The number of aryl methyl sites for hydroxylation is 2. The lowest BCUT2D eigenvalue weighted by molar-refractivity contribution is -0.141. The summed E-state index contributed by atoms with van der Waals surface area (Å²) in [4.78, 5) is 29.1. The molecule has 0 aliphatic heterocycles. The first-order valence-electron chi connectivity index (χ1n) is 13.2. The van der Waals surface area contributed by atoms with Gasteiger partial charge in [0.25, 0.3) is 0 Å². The Labute approximate surface area is 232 Å². The third-order valence-electron chi connectivity index (χ3n) is 6.83. The molecule has 208 valence electrons. The fraction of sp³-hybridized carbons (Fsp3) is 0.355. The zero-order valence-electron chi connectivity index (χ0n) is 23.4. The van der Waals surface area contributed by atoms with Crippen LogP contribution in [0.1, 0.15) is 42.5 Å². The van der Waals surface area contributed by atoms with Crippen molar-refractivity contribution in [2.24, 2.45) is 0 Å². The first kappa shape index (κ1) is 30.1. The number of carbonyl (C=O) groups is 2. The van der Waals surface area contributed by atoms with E-state index >= 15 is 0 Å². The molecule has 0 radical (unpaired) electrons. The Morgan fingerprint density at radius 3 is 1.97 bits per heavy atom. The van der Waals surface area contributed by atoms with Crippen LogP contribution in [0.4, 0.5) is 0 Å². The van der Waals surface area contributed by atoms with Crippen LogP contribution in [0, 0.1) is 13.8 Å². The molecule has 0 aliphatic rings. The Morgan fingerprint density at radius 1 is 0.846 bits per heavy atom. The van der Waals surface area contributed by atoms with Crippen molar-refractivity contribution in [3.05, 3.63) is 101 Å². The summed E-state index contributed by atoms with van der Waals surface area (Å²) in [5.74, 6) is -0.716. The Morgan fingerprint density at radius 2 is 1.41 bits per heavy atom. The predicted octanol–water partition coefficient (Wildman–Crippen LogP) is 4.48. The van der Waals surface area contributed by atoms with Crippen LogP contribution in [0.25, 0.3) is 0 Å². The minimum absolute atomic E-state index is 0.0725. The van der Waals surface area contributed by atoms with E-state index in [-0.39, 0.29) is 23.4 Å². The van der Waals surface area contributed by atoms with Crippen molar-refractivity contribution in [2.45, 2.75) is 64.1 Å². The number of nitrogens with one attached hydrogen (secondary N) is 1. The molecule has 0 aliphatic carbocycles. The molecule has 0 heterocycles. The second-order valence-electron chi connectivity index (χ2n) is 10.1. The summed E-state index contributed by atoms with van der Waals surface area (Å²) in [6, 6.07) is 22.9. The van der Waals surface area contributed by atoms with Gasteiger partial charge in [-0.25, -0.2) is 8.42 Å². The smallest absolute Gasteiger partial charge is 0.243 e. The zero-order valence-corrected chi connectivity index (χ0v) is 24.2.